The minimum Gasteiger partial charge on any atom is -0.370 e. The first-order valence-electron chi connectivity index (χ1n) is 7.29. The van der Waals surface area contributed by atoms with E-state index in [2.05, 4.69) is 17.4 Å². The highest BCUT2D eigenvalue weighted by Gasteiger charge is 2.19. The Morgan fingerprint density at radius 2 is 2.17 bits per heavy atom. The SMILES string of the molecule is NC1CCCC(CNc2ccc3c(n2)CCC3)C1. The molecule has 3 heteroatoms. The summed E-state index contributed by atoms with van der Waals surface area (Å²) in [5.41, 5.74) is 8.77. The van der Waals surface area contributed by atoms with Crippen molar-refractivity contribution < 1.29 is 0 Å². The molecular formula is C15H23N3. The van der Waals surface area contributed by atoms with E-state index >= 15 is 0 Å². The van der Waals surface area contributed by atoms with Gasteiger partial charge in [-0.25, -0.2) is 4.98 Å². The van der Waals surface area contributed by atoms with E-state index in [0.29, 0.717) is 6.04 Å². The number of pyridine rings is 1. The molecule has 0 radical (unpaired) electrons. The normalized spacial score (nSPS) is 26.9. The summed E-state index contributed by atoms with van der Waals surface area (Å²) in [4.78, 5) is 4.71. The number of nitrogens with one attached hydrogen (secondary N) is 1. The molecule has 0 aliphatic heterocycles. The highest BCUT2D eigenvalue weighted by molar-refractivity contribution is 5.40. The molecule has 1 aromatic heterocycles. The summed E-state index contributed by atoms with van der Waals surface area (Å²) in [5.74, 6) is 1.78. The third kappa shape index (κ3) is 2.66. The Labute approximate surface area is 109 Å². The van der Waals surface area contributed by atoms with Crippen LogP contribution in [0.3, 0.4) is 0 Å². The molecule has 1 heterocycles. The van der Waals surface area contributed by atoms with Crippen LogP contribution in [0.1, 0.15) is 43.4 Å². The monoisotopic (exact) mass is 245 g/mol. The van der Waals surface area contributed by atoms with E-state index in [0.717, 1.165) is 31.1 Å². The van der Waals surface area contributed by atoms with Crippen LogP contribution >= 0.6 is 0 Å². The zero-order valence-corrected chi connectivity index (χ0v) is 11.0. The maximum absolute atomic E-state index is 6.02. The maximum atomic E-state index is 6.02. The molecule has 18 heavy (non-hydrogen) atoms. The number of aromatic nitrogens is 1. The van der Waals surface area contributed by atoms with Crippen molar-refractivity contribution in [1.82, 2.24) is 4.98 Å². The second kappa shape index (κ2) is 5.27. The molecule has 0 saturated heterocycles. The molecule has 1 aromatic rings. The van der Waals surface area contributed by atoms with Crippen molar-refractivity contribution in [3.63, 3.8) is 0 Å². The van der Waals surface area contributed by atoms with Gasteiger partial charge in [0.2, 0.25) is 0 Å². The molecule has 2 aliphatic rings. The lowest BCUT2D eigenvalue weighted by Gasteiger charge is -2.26. The number of anilines is 1. The number of aryl methyl sites for hydroxylation is 2. The summed E-state index contributed by atoms with van der Waals surface area (Å²) >= 11 is 0. The highest BCUT2D eigenvalue weighted by atomic mass is 15.0. The van der Waals surface area contributed by atoms with E-state index in [1.807, 2.05) is 0 Å². The van der Waals surface area contributed by atoms with Crippen LogP contribution in [0.2, 0.25) is 0 Å². The molecule has 3 N–H and O–H groups in total. The predicted molar refractivity (Wildman–Crippen MR) is 74.7 cm³/mol. The van der Waals surface area contributed by atoms with Gasteiger partial charge in [0.1, 0.15) is 5.82 Å². The van der Waals surface area contributed by atoms with Gasteiger partial charge in [0.15, 0.2) is 0 Å². The lowest BCUT2D eigenvalue weighted by atomic mass is 9.86. The third-order valence-electron chi connectivity index (χ3n) is 4.32. The lowest BCUT2D eigenvalue weighted by Crippen LogP contribution is -2.31. The van der Waals surface area contributed by atoms with Gasteiger partial charge >= 0.3 is 0 Å². The molecule has 98 valence electrons. The fraction of sp³-hybridized carbons (Fsp3) is 0.667. The number of nitrogens with zero attached hydrogens (tertiary/aromatic N) is 1. The van der Waals surface area contributed by atoms with Crippen LogP contribution in [-0.4, -0.2) is 17.6 Å². The second-order valence-corrected chi connectivity index (χ2v) is 5.83. The Morgan fingerprint density at radius 3 is 3.06 bits per heavy atom. The average Bonchev–Trinajstić information content (AvgIpc) is 2.84. The lowest BCUT2D eigenvalue weighted by molar-refractivity contribution is 0.335. The predicted octanol–water partition coefficient (Wildman–Crippen LogP) is 2.50. The molecule has 2 aliphatic carbocycles. The Balaban J connectivity index is 1.56. The summed E-state index contributed by atoms with van der Waals surface area (Å²) in [6.07, 6.45) is 8.59. The molecule has 1 saturated carbocycles. The van der Waals surface area contributed by atoms with Crippen LogP contribution in [0.25, 0.3) is 0 Å². The van der Waals surface area contributed by atoms with Gasteiger partial charge in [-0.15, -0.1) is 0 Å². The van der Waals surface area contributed by atoms with Crippen LogP contribution in [0.15, 0.2) is 12.1 Å². The molecule has 2 unspecified atom stereocenters. The van der Waals surface area contributed by atoms with E-state index in [1.54, 1.807) is 0 Å². The van der Waals surface area contributed by atoms with E-state index in [1.165, 1.54) is 43.4 Å². The number of rotatable bonds is 3. The molecule has 0 amide bonds. The fourth-order valence-electron chi connectivity index (χ4n) is 3.29. The van der Waals surface area contributed by atoms with Gasteiger partial charge in [0.25, 0.3) is 0 Å². The number of fused-ring (bicyclic) bond motifs is 1. The van der Waals surface area contributed by atoms with Crippen molar-refractivity contribution in [3.05, 3.63) is 23.4 Å². The largest absolute Gasteiger partial charge is 0.370 e. The fourth-order valence-corrected chi connectivity index (χ4v) is 3.29. The molecule has 0 aromatic carbocycles. The van der Waals surface area contributed by atoms with Crippen molar-refractivity contribution in [2.24, 2.45) is 11.7 Å². The molecule has 1 fully saturated rings. The van der Waals surface area contributed by atoms with Gasteiger partial charge in [0.05, 0.1) is 0 Å². The van der Waals surface area contributed by atoms with Gasteiger partial charge in [-0.2, -0.15) is 0 Å². The Bertz CT molecular complexity index is 416. The summed E-state index contributed by atoms with van der Waals surface area (Å²) in [5, 5.41) is 3.50. The highest BCUT2D eigenvalue weighted by Crippen LogP contribution is 2.24. The molecule has 3 rings (SSSR count). The van der Waals surface area contributed by atoms with Gasteiger partial charge in [-0.1, -0.05) is 12.5 Å². The van der Waals surface area contributed by atoms with Crippen molar-refractivity contribution >= 4 is 5.82 Å². The first-order valence-corrected chi connectivity index (χ1v) is 7.29. The van der Waals surface area contributed by atoms with Crippen molar-refractivity contribution in [2.45, 2.75) is 51.0 Å². The molecule has 0 bridgehead atoms. The summed E-state index contributed by atoms with van der Waals surface area (Å²) in [7, 11) is 0. The maximum Gasteiger partial charge on any atom is 0.126 e. The minimum absolute atomic E-state index is 0.415. The third-order valence-corrected chi connectivity index (χ3v) is 4.32. The molecule has 2 atom stereocenters. The van der Waals surface area contributed by atoms with Gasteiger partial charge in [0, 0.05) is 18.3 Å². The van der Waals surface area contributed by atoms with Crippen LogP contribution in [0.4, 0.5) is 5.82 Å². The average molecular weight is 245 g/mol. The molecular weight excluding hydrogens is 222 g/mol. The van der Waals surface area contributed by atoms with Crippen molar-refractivity contribution in [3.8, 4) is 0 Å². The Morgan fingerprint density at radius 1 is 1.22 bits per heavy atom. The molecule has 3 nitrogen and oxygen atoms in total. The zero-order valence-electron chi connectivity index (χ0n) is 11.0. The Kier molecular flexibility index (Phi) is 3.50. The summed E-state index contributed by atoms with van der Waals surface area (Å²) < 4.78 is 0. The van der Waals surface area contributed by atoms with E-state index in [-0.39, 0.29) is 0 Å². The van der Waals surface area contributed by atoms with Gasteiger partial charge in [-0.05, 0) is 56.1 Å². The number of hydrogen-bond acceptors (Lipinski definition) is 3. The topological polar surface area (TPSA) is 50.9 Å². The van der Waals surface area contributed by atoms with Crippen LogP contribution in [0.5, 0.6) is 0 Å². The summed E-state index contributed by atoms with van der Waals surface area (Å²) in [6, 6.07) is 4.79. The quantitative estimate of drug-likeness (QED) is 0.860. The first kappa shape index (κ1) is 12.0. The van der Waals surface area contributed by atoms with E-state index < -0.39 is 0 Å². The minimum atomic E-state index is 0.415. The first-order chi connectivity index (χ1) is 8.81. The smallest absolute Gasteiger partial charge is 0.126 e. The second-order valence-electron chi connectivity index (χ2n) is 5.83. The van der Waals surface area contributed by atoms with Crippen molar-refractivity contribution in [2.75, 3.05) is 11.9 Å². The van der Waals surface area contributed by atoms with Crippen LogP contribution < -0.4 is 11.1 Å². The number of hydrogen-bond donors (Lipinski definition) is 2. The van der Waals surface area contributed by atoms with Crippen LogP contribution in [0, 0.1) is 5.92 Å². The van der Waals surface area contributed by atoms with E-state index in [9.17, 15) is 0 Å². The molecule has 0 spiro atoms. The number of nitrogens with two attached hydrogens (primary N) is 1. The van der Waals surface area contributed by atoms with Gasteiger partial charge in [-0.3, -0.25) is 0 Å². The van der Waals surface area contributed by atoms with E-state index in [4.69, 9.17) is 10.7 Å². The summed E-state index contributed by atoms with van der Waals surface area (Å²) in [6.45, 7) is 1.03. The standard InChI is InChI=1S/C15H23N3/c16-13-5-1-3-11(9-13)10-17-15-8-7-12-4-2-6-14(12)18-15/h7-8,11,13H,1-6,9-10,16H2,(H,17,18). The van der Waals surface area contributed by atoms with Crippen molar-refractivity contribution in [1.29, 1.82) is 0 Å². The Hall–Kier alpha value is -1.09. The zero-order chi connectivity index (χ0) is 12.4. The van der Waals surface area contributed by atoms with Crippen LogP contribution in [-0.2, 0) is 12.8 Å². The van der Waals surface area contributed by atoms with Gasteiger partial charge < -0.3 is 11.1 Å².